The first-order chi connectivity index (χ1) is 19.8. The molecule has 1 fully saturated rings. The van der Waals surface area contributed by atoms with E-state index < -0.39 is 0 Å². The molecule has 1 aliphatic rings. The number of hydrogen-bond acceptors (Lipinski definition) is 5. The van der Waals surface area contributed by atoms with E-state index in [1.54, 1.807) is 16.2 Å². The van der Waals surface area contributed by atoms with E-state index in [4.69, 9.17) is 5.73 Å². The summed E-state index contributed by atoms with van der Waals surface area (Å²) in [5.74, 6) is -0.548. The van der Waals surface area contributed by atoms with Gasteiger partial charge in [0.25, 0.3) is 5.91 Å². The molecule has 0 bridgehead atoms. The van der Waals surface area contributed by atoms with E-state index in [1.807, 2.05) is 60.2 Å². The van der Waals surface area contributed by atoms with Crippen LogP contribution in [0.15, 0.2) is 41.8 Å². The number of fused-ring (bicyclic) bond motifs is 1. The van der Waals surface area contributed by atoms with E-state index >= 15 is 0 Å². The highest BCUT2D eigenvalue weighted by Gasteiger charge is 2.28. The summed E-state index contributed by atoms with van der Waals surface area (Å²) in [4.78, 5) is 52.1. The van der Waals surface area contributed by atoms with Crippen molar-refractivity contribution in [3.63, 3.8) is 0 Å². The number of rotatable bonds is 13. The van der Waals surface area contributed by atoms with Gasteiger partial charge in [0.2, 0.25) is 17.7 Å². The zero-order valence-corrected chi connectivity index (χ0v) is 24.8. The van der Waals surface area contributed by atoms with Crippen LogP contribution in [-0.4, -0.2) is 47.3 Å². The van der Waals surface area contributed by atoms with Crippen molar-refractivity contribution in [3.05, 3.63) is 53.0 Å². The number of benzene rings is 1. The Balaban J connectivity index is 1.32. The lowest BCUT2D eigenvalue weighted by atomic mass is 9.85. The minimum Gasteiger partial charge on any atom is -0.370 e. The van der Waals surface area contributed by atoms with E-state index in [0.29, 0.717) is 25.2 Å². The zero-order chi connectivity index (χ0) is 29.4. The van der Waals surface area contributed by atoms with Crippen LogP contribution in [0.3, 0.4) is 0 Å². The molecule has 9 nitrogen and oxygen atoms in total. The molecule has 0 radical (unpaired) electrons. The highest BCUT2D eigenvalue weighted by atomic mass is 32.1. The maximum atomic E-state index is 13.5. The summed E-state index contributed by atoms with van der Waals surface area (Å²) >= 11 is 1.55. The quantitative estimate of drug-likeness (QED) is 0.258. The van der Waals surface area contributed by atoms with Crippen LogP contribution in [0.25, 0.3) is 10.2 Å². The van der Waals surface area contributed by atoms with Crippen molar-refractivity contribution in [2.24, 2.45) is 11.7 Å². The number of carbonyl (C=O) groups excluding carboxylic acids is 4. The number of primary amides is 1. The van der Waals surface area contributed by atoms with Crippen molar-refractivity contribution in [3.8, 4) is 0 Å². The minimum absolute atomic E-state index is 0.0168. The van der Waals surface area contributed by atoms with E-state index in [0.717, 1.165) is 66.4 Å². The molecule has 2 heterocycles. The molecular formula is C31H41N5O4S. The van der Waals surface area contributed by atoms with Crippen LogP contribution in [0, 0.1) is 12.8 Å². The number of thiophene rings is 1. The Bertz CT molecular complexity index is 1370. The molecule has 10 heteroatoms. The first kappa shape index (κ1) is 30.3. The molecule has 0 atom stereocenters. The lowest BCUT2D eigenvalue weighted by molar-refractivity contribution is -0.126. The van der Waals surface area contributed by atoms with Crippen LogP contribution in [0.2, 0.25) is 0 Å². The summed E-state index contributed by atoms with van der Waals surface area (Å²) in [6.07, 6.45) is 5.70. The van der Waals surface area contributed by atoms with Gasteiger partial charge in [-0.1, -0.05) is 18.6 Å². The minimum atomic E-state index is -0.291. The third-order valence-electron chi connectivity index (χ3n) is 7.81. The zero-order valence-electron chi connectivity index (χ0n) is 24.0. The fourth-order valence-electron chi connectivity index (χ4n) is 5.57. The largest absolute Gasteiger partial charge is 0.370 e. The average molecular weight is 580 g/mol. The molecule has 0 unspecified atom stereocenters. The van der Waals surface area contributed by atoms with Crippen molar-refractivity contribution in [1.82, 2.24) is 15.2 Å². The van der Waals surface area contributed by atoms with Crippen molar-refractivity contribution in [1.29, 1.82) is 0 Å². The lowest BCUT2D eigenvalue weighted by Crippen LogP contribution is -2.42. The molecule has 0 aliphatic heterocycles. The summed E-state index contributed by atoms with van der Waals surface area (Å²) in [7, 11) is 0. The molecule has 4 rings (SSSR count). The second-order valence-corrected chi connectivity index (χ2v) is 11.8. The Morgan fingerprint density at radius 3 is 2.54 bits per heavy atom. The SMILES string of the molecule is CCN(C(=O)Cn1c(C(=O)NC2CCC(C(=O)NCCCCCC(N)=O)CC2)cc2sccc21)c1cccc(C)c1. The molecule has 1 saturated carbocycles. The molecule has 2 aromatic heterocycles. The van der Waals surface area contributed by atoms with E-state index in [-0.39, 0.29) is 42.1 Å². The van der Waals surface area contributed by atoms with Crippen LogP contribution in [0.1, 0.15) is 74.3 Å². The third kappa shape index (κ3) is 7.97. The fourth-order valence-corrected chi connectivity index (χ4v) is 6.39. The van der Waals surface area contributed by atoms with Gasteiger partial charge in [-0.15, -0.1) is 11.3 Å². The summed E-state index contributed by atoms with van der Waals surface area (Å²) < 4.78 is 2.79. The first-order valence-corrected chi connectivity index (χ1v) is 15.5. The smallest absolute Gasteiger partial charge is 0.268 e. The van der Waals surface area contributed by atoms with Crippen molar-refractivity contribution in [2.45, 2.75) is 77.8 Å². The van der Waals surface area contributed by atoms with E-state index in [9.17, 15) is 19.2 Å². The molecule has 4 N–H and O–H groups in total. The average Bonchev–Trinajstić information content (AvgIpc) is 3.54. The molecule has 0 saturated heterocycles. The number of nitrogens with zero attached hydrogens (tertiary/aromatic N) is 2. The highest BCUT2D eigenvalue weighted by molar-refractivity contribution is 7.17. The van der Waals surface area contributed by atoms with Gasteiger partial charge in [-0.2, -0.15) is 0 Å². The van der Waals surface area contributed by atoms with Crippen LogP contribution in [0.5, 0.6) is 0 Å². The van der Waals surface area contributed by atoms with Gasteiger partial charge in [0, 0.05) is 37.2 Å². The predicted octanol–water partition coefficient (Wildman–Crippen LogP) is 4.51. The van der Waals surface area contributed by atoms with Crippen LogP contribution < -0.4 is 21.3 Å². The number of carbonyl (C=O) groups is 4. The number of aromatic nitrogens is 1. The molecule has 41 heavy (non-hydrogen) atoms. The lowest BCUT2D eigenvalue weighted by Gasteiger charge is -2.28. The number of amides is 4. The number of nitrogens with one attached hydrogen (secondary N) is 2. The first-order valence-electron chi connectivity index (χ1n) is 14.6. The molecule has 1 aromatic carbocycles. The van der Waals surface area contributed by atoms with Gasteiger partial charge in [-0.05, 0) is 87.6 Å². The Morgan fingerprint density at radius 1 is 1.05 bits per heavy atom. The number of anilines is 1. The highest BCUT2D eigenvalue weighted by Crippen LogP contribution is 2.28. The second-order valence-electron chi connectivity index (χ2n) is 10.9. The molecular weight excluding hydrogens is 538 g/mol. The fraction of sp³-hybridized carbons (Fsp3) is 0.484. The summed E-state index contributed by atoms with van der Waals surface area (Å²) in [5.41, 5.74) is 8.45. The van der Waals surface area contributed by atoms with Crippen LogP contribution >= 0.6 is 11.3 Å². The maximum absolute atomic E-state index is 13.5. The predicted molar refractivity (Wildman–Crippen MR) is 163 cm³/mol. The Kier molecular flexibility index (Phi) is 10.6. The monoisotopic (exact) mass is 579 g/mol. The van der Waals surface area contributed by atoms with Crippen molar-refractivity contribution in [2.75, 3.05) is 18.0 Å². The molecule has 4 amide bonds. The number of aryl methyl sites for hydroxylation is 1. The summed E-state index contributed by atoms with van der Waals surface area (Å²) in [6.45, 7) is 5.15. The normalized spacial score (nSPS) is 16.8. The molecule has 3 aromatic rings. The van der Waals surface area contributed by atoms with Gasteiger partial charge in [-0.25, -0.2) is 0 Å². The second kappa shape index (κ2) is 14.3. The Labute approximate surface area is 245 Å². The van der Waals surface area contributed by atoms with Crippen LogP contribution in [0.4, 0.5) is 5.69 Å². The van der Waals surface area contributed by atoms with E-state index in [2.05, 4.69) is 10.6 Å². The van der Waals surface area contributed by atoms with Gasteiger partial charge in [-0.3, -0.25) is 19.2 Å². The maximum Gasteiger partial charge on any atom is 0.268 e. The number of nitrogens with two attached hydrogens (primary N) is 1. The summed E-state index contributed by atoms with van der Waals surface area (Å²) in [5, 5.41) is 8.15. The Morgan fingerprint density at radius 2 is 1.83 bits per heavy atom. The standard InChI is InChI=1S/C31H41N5O4S/c1-3-35(24-9-7-8-21(2)18-24)29(38)20-36-25-15-17-41-27(25)19-26(36)31(40)34-23-13-11-22(12-14-23)30(39)33-16-6-4-5-10-28(32)37/h7-9,15,17-19,22-23H,3-6,10-14,16,20H2,1-2H3,(H2,32,37)(H,33,39)(H,34,40). The van der Waals surface area contributed by atoms with Gasteiger partial charge in [0.05, 0.1) is 10.2 Å². The van der Waals surface area contributed by atoms with Crippen molar-refractivity contribution >= 4 is 50.9 Å². The molecule has 0 spiro atoms. The topological polar surface area (TPSA) is 127 Å². The summed E-state index contributed by atoms with van der Waals surface area (Å²) in [6, 6.07) is 11.7. The third-order valence-corrected chi connectivity index (χ3v) is 8.66. The molecule has 220 valence electrons. The van der Waals surface area contributed by atoms with Crippen LogP contribution in [-0.2, 0) is 20.9 Å². The van der Waals surface area contributed by atoms with Gasteiger partial charge < -0.3 is 25.8 Å². The van der Waals surface area contributed by atoms with Gasteiger partial charge >= 0.3 is 0 Å². The van der Waals surface area contributed by atoms with Gasteiger partial charge in [0.1, 0.15) is 12.2 Å². The van der Waals surface area contributed by atoms with Gasteiger partial charge in [0.15, 0.2) is 0 Å². The number of hydrogen-bond donors (Lipinski definition) is 3. The van der Waals surface area contributed by atoms with Crippen molar-refractivity contribution < 1.29 is 19.2 Å². The number of unbranched alkanes of at least 4 members (excludes halogenated alkanes) is 2. The molecule has 1 aliphatic carbocycles. The number of likely N-dealkylation sites (N-methyl/N-ethyl adjacent to an activating group) is 1. The van der Waals surface area contributed by atoms with E-state index in [1.165, 1.54) is 0 Å². The Hall–Kier alpha value is -3.66.